The number of benzene rings is 2. The molecule has 2 N–H and O–H groups in total. The summed E-state index contributed by atoms with van der Waals surface area (Å²) in [5, 5.41) is 0. The molecule has 0 saturated heterocycles. The molecule has 2 aliphatic rings. The van der Waals surface area contributed by atoms with E-state index in [2.05, 4.69) is 9.97 Å². The normalized spacial score (nSPS) is 19.6. The second kappa shape index (κ2) is 9.10. The van der Waals surface area contributed by atoms with Gasteiger partial charge in [0.25, 0.3) is 0 Å². The van der Waals surface area contributed by atoms with Gasteiger partial charge in [0.1, 0.15) is 17.9 Å². The quantitative estimate of drug-likeness (QED) is 0.505. The maximum absolute atomic E-state index is 12.4. The molecule has 0 spiro atoms. The van der Waals surface area contributed by atoms with Crippen LogP contribution >= 0.6 is 0 Å². The van der Waals surface area contributed by atoms with E-state index in [-0.39, 0.29) is 11.5 Å². The highest BCUT2D eigenvalue weighted by Gasteiger charge is 2.49. The number of fused-ring (bicyclic) bond motifs is 1. The minimum absolute atomic E-state index is 0.0604. The first-order valence-electron chi connectivity index (χ1n) is 11.5. The molecule has 3 aromatic rings. The van der Waals surface area contributed by atoms with Gasteiger partial charge in [-0.25, -0.2) is 15.0 Å². The first kappa shape index (κ1) is 23.0. The fourth-order valence-corrected chi connectivity index (χ4v) is 5.54. The molecule has 5 rings (SSSR count). The molecule has 2 aliphatic heterocycles. The highest BCUT2D eigenvalue weighted by atomic mass is 32.2. The minimum atomic E-state index is -3.70. The van der Waals surface area contributed by atoms with Crippen LogP contribution in [0.1, 0.15) is 30.9 Å². The SMILES string of the molecule is CCCS(=O)(=O)Oc1cccc(C2(c3cccc(-c4cncnc4)c3)N=C(N)N3CCCN=C32)c1. The van der Waals surface area contributed by atoms with Crippen LogP contribution in [0.5, 0.6) is 5.75 Å². The molecule has 1 aromatic heterocycles. The van der Waals surface area contributed by atoms with E-state index in [1.54, 1.807) is 37.5 Å². The molecule has 1 atom stereocenters. The average molecular weight is 491 g/mol. The summed E-state index contributed by atoms with van der Waals surface area (Å²) in [6.07, 6.45) is 6.33. The van der Waals surface area contributed by atoms with Gasteiger partial charge >= 0.3 is 10.1 Å². The van der Waals surface area contributed by atoms with Crippen molar-refractivity contribution in [3.05, 3.63) is 78.4 Å². The molecule has 0 amide bonds. The fraction of sp³-hybridized carbons (Fsp3) is 0.280. The van der Waals surface area contributed by atoms with Crippen LogP contribution < -0.4 is 9.92 Å². The van der Waals surface area contributed by atoms with Gasteiger partial charge in [0, 0.05) is 31.0 Å². The number of hydrogen-bond donors (Lipinski definition) is 1. The Morgan fingerprint density at radius 3 is 2.57 bits per heavy atom. The number of nitrogens with zero attached hydrogens (tertiary/aromatic N) is 5. The van der Waals surface area contributed by atoms with Gasteiger partial charge < -0.3 is 9.92 Å². The van der Waals surface area contributed by atoms with Crippen molar-refractivity contribution in [2.24, 2.45) is 15.7 Å². The van der Waals surface area contributed by atoms with Crippen molar-refractivity contribution in [1.82, 2.24) is 14.9 Å². The van der Waals surface area contributed by atoms with Crippen molar-refractivity contribution in [3.63, 3.8) is 0 Å². The molecular formula is C25H26N6O3S. The van der Waals surface area contributed by atoms with Crippen molar-refractivity contribution in [2.75, 3.05) is 18.8 Å². The molecule has 0 saturated carbocycles. The summed E-state index contributed by atoms with van der Waals surface area (Å²) in [5.74, 6) is 1.26. The molecule has 2 aromatic carbocycles. The molecule has 10 heteroatoms. The summed E-state index contributed by atoms with van der Waals surface area (Å²) in [7, 11) is -3.70. The van der Waals surface area contributed by atoms with Crippen LogP contribution in [0.3, 0.4) is 0 Å². The van der Waals surface area contributed by atoms with Crippen molar-refractivity contribution in [2.45, 2.75) is 25.3 Å². The topological polar surface area (TPSA) is 123 Å². The summed E-state index contributed by atoms with van der Waals surface area (Å²) < 4.78 is 30.1. The average Bonchev–Trinajstić information content (AvgIpc) is 3.18. The number of aliphatic imine (C=N–C) groups is 2. The smallest absolute Gasteiger partial charge is 0.309 e. The Morgan fingerprint density at radius 2 is 1.80 bits per heavy atom. The third kappa shape index (κ3) is 4.25. The molecule has 9 nitrogen and oxygen atoms in total. The first-order chi connectivity index (χ1) is 16.9. The van der Waals surface area contributed by atoms with Crippen LogP contribution in [0, 0.1) is 0 Å². The Kier molecular flexibility index (Phi) is 5.98. The minimum Gasteiger partial charge on any atom is -0.382 e. The molecule has 35 heavy (non-hydrogen) atoms. The highest BCUT2D eigenvalue weighted by Crippen LogP contribution is 2.43. The van der Waals surface area contributed by atoms with Crippen molar-refractivity contribution in [1.29, 1.82) is 0 Å². The van der Waals surface area contributed by atoms with E-state index in [4.69, 9.17) is 19.9 Å². The summed E-state index contributed by atoms with van der Waals surface area (Å²) >= 11 is 0. The molecule has 180 valence electrons. The van der Waals surface area contributed by atoms with Crippen molar-refractivity contribution in [3.8, 4) is 16.9 Å². The Hall–Kier alpha value is -3.79. The zero-order valence-electron chi connectivity index (χ0n) is 19.3. The van der Waals surface area contributed by atoms with E-state index in [1.807, 2.05) is 35.2 Å². The summed E-state index contributed by atoms with van der Waals surface area (Å²) in [4.78, 5) is 20.0. The molecule has 0 bridgehead atoms. The maximum atomic E-state index is 12.4. The van der Waals surface area contributed by atoms with E-state index in [0.717, 1.165) is 28.9 Å². The predicted molar refractivity (Wildman–Crippen MR) is 135 cm³/mol. The van der Waals surface area contributed by atoms with Gasteiger partial charge in [0.15, 0.2) is 11.5 Å². The number of amidine groups is 1. The number of rotatable bonds is 7. The number of hydrogen-bond acceptors (Lipinski definition) is 9. The first-order valence-corrected chi connectivity index (χ1v) is 13.1. The standard InChI is InChI=1S/C25H26N6O3S/c1-2-12-35(32,33)34-22-9-4-8-21(14-22)25(23-29-10-5-11-31(23)24(26)30-25)20-7-3-6-18(13-20)19-15-27-17-28-16-19/h3-4,6-9,13-17H,2,5,10-12H2,1H3,(H2,26,30). The lowest BCUT2D eigenvalue weighted by Crippen LogP contribution is -2.46. The second-order valence-corrected chi connectivity index (χ2v) is 10.2. The van der Waals surface area contributed by atoms with Gasteiger partial charge in [-0.2, -0.15) is 8.42 Å². The summed E-state index contributed by atoms with van der Waals surface area (Å²) in [5.41, 5.74) is 8.71. The largest absolute Gasteiger partial charge is 0.382 e. The van der Waals surface area contributed by atoms with Gasteiger partial charge in [0.05, 0.1) is 5.75 Å². The van der Waals surface area contributed by atoms with Crippen LogP contribution in [0.25, 0.3) is 11.1 Å². The van der Waals surface area contributed by atoms with Gasteiger partial charge in [-0.1, -0.05) is 37.3 Å². The summed E-state index contributed by atoms with van der Waals surface area (Å²) in [6, 6.07) is 14.9. The maximum Gasteiger partial charge on any atom is 0.309 e. The lowest BCUT2D eigenvalue weighted by atomic mass is 9.81. The van der Waals surface area contributed by atoms with E-state index >= 15 is 0 Å². The molecule has 0 fully saturated rings. The molecule has 1 unspecified atom stereocenters. The van der Waals surface area contributed by atoms with Crippen LogP contribution in [0.2, 0.25) is 0 Å². The Morgan fingerprint density at radius 1 is 1.06 bits per heavy atom. The highest BCUT2D eigenvalue weighted by molar-refractivity contribution is 7.87. The number of guanidine groups is 1. The molecular weight excluding hydrogens is 464 g/mol. The fourth-order valence-electron chi connectivity index (χ4n) is 4.56. The van der Waals surface area contributed by atoms with E-state index in [1.165, 1.54) is 6.33 Å². The van der Waals surface area contributed by atoms with Gasteiger partial charge in [-0.05, 0) is 47.7 Å². The number of aromatic nitrogens is 2. The predicted octanol–water partition coefficient (Wildman–Crippen LogP) is 2.94. The third-order valence-electron chi connectivity index (χ3n) is 6.04. The lowest BCUT2D eigenvalue weighted by molar-refractivity contribution is 0.484. The Labute approximate surface area is 204 Å². The van der Waals surface area contributed by atoms with Crippen LogP contribution in [0.15, 0.2) is 77.2 Å². The van der Waals surface area contributed by atoms with Gasteiger partial charge in [-0.15, -0.1) is 0 Å². The van der Waals surface area contributed by atoms with Crippen molar-refractivity contribution >= 4 is 21.9 Å². The van der Waals surface area contributed by atoms with Gasteiger partial charge in [0.2, 0.25) is 0 Å². The van der Waals surface area contributed by atoms with Gasteiger partial charge in [-0.3, -0.25) is 9.89 Å². The molecule has 0 aliphatic carbocycles. The Balaban J connectivity index is 1.69. The third-order valence-corrected chi connectivity index (χ3v) is 7.40. The zero-order valence-corrected chi connectivity index (χ0v) is 20.1. The summed E-state index contributed by atoms with van der Waals surface area (Å²) in [6.45, 7) is 3.16. The van der Waals surface area contributed by atoms with Crippen LogP contribution in [0.4, 0.5) is 0 Å². The van der Waals surface area contributed by atoms with E-state index < -0.39 is 15.7 Å². The Bertz CT molecular complexity index is 1410. The second-order valence-electron chi connectivity index (χ2n) is 8.47. The van der Waals surface area contributed by atoms with E-state index in [9.17, 15) is 8.42 Å². The van der Waals surface area contributed by atoms with Crippen LogP contribution in [-0.4, -0.2) is 53.9 Å². The van der Waals surface area contributed by atoms with Crippen molar-refractivity contribution < 1.29 is 12.6 Å². The van der Waals surface area contributed by atoms with Crippen LogP contribution in [-0.2, 0) is 15.7 Å². The molecule has 0 radical (unpaired) electrons. The number of nitrogens with two attached hydrogens (primary N) is 1. The van der Waals surface area contributed by atoms with E-state index in [0.29, 0.717) is 31.0 Å². The monoisotopic (exact) mass is 490 g/mol. The zero-order chi connectivity index (χ0) is 24.5. The molecule has 3 heterocycles. The lowest BCUT2D eigenvalue weighted by Gasteiger charge is -2.33.